The van der Waals surface area contributed by atoms with E-state index in [2.05, 4.69) is 0 Å². The minimum atomic E-state index is 0.116. The molecule has 76 valence electrons. The smallest absolute Gasteiger partial charge is 0.174 e. The molecule has 0 aliphatic heterocycles. The highest BCUT2D eigenvalue weighted by atomic mass is 35.5. The molecule has 0 aliphatic carbocycles. The average molecular weight is 229 g/mol. The van der Waals surface area contributed by atoms with Crippen molar-refractivity contribution in [2.45, 2.75) is 13.8 Å². The second-order valence-corrected chi connectivity index (χ2v) is 4.73. The van der Waals surface area contributed by atoms with E-state index in [1.54, 1.807) is 17.8 Å². The highest BCUT2D eigenvalue weighted by Gasteiger charge is 2.09. The Labute approximate surface area is 93.8 Å². The number of hydrogen-bond donors (Lipinski definition) is 0. The molecule has 0 heterocycles. The molecule has 1 aromatic rings. The maximum absolute atomic E-state index is 11.7. The number of carbonyl (C=O) groups excluding carboxylic acids is 1. The third kappa shape index (κ3) is 3.03. The van der Waals surface area contributed by atoms with Crippen molar-refractivity contribution in [3.8, 4) is 0 Å². The van der Waals surface area contributed by atoms with Gasteiger partial charge in [0.25, 0.3) is 0 Å². The van der Waals surface area contributed by atoms with Crippen molar-refractivity contribution in [3.63, 3.8) is 0 Å². The molecule has 0 spiro atoms. The average Bonchev–Trinajstić information content (AvgIpc) is 2.18. The van der Waals surface area contributed by atoms with Gasteiger partial charge in [-0.05, 0) is 24.8 Å². The molecule has 1 aromatic carbocycles. The molecule has 0 bridgehead atoms. The molecule has 0 fully saturated rings. The minimum Gasteiger partial charge on any atom is -0.293 e. The molecule has 3 heteroatoms. The lowest BCUT2D eigenvalue weighted by Gasteiger charge is -2.03. The Morgan fingerprint density at radius 2 is 2.21 bits per heavy atom. The molecule has 1 nitrogen and oxygen atoms in total. The highest BCUT2D eigenvalue weighted by molar-refractivity contribution is 7.99. The van der Waals surface area contributed by atoms with E-state index in [9.17, 15) is 4.79 Å². The van der Waals surface area contributed by atoms with Gasteiger partial charge in [-0.15, -0.1) is 0 Å². The van der Waals surface area contributed by atoms with E-state index in [1.165, 1.54) is 0 Å². The molecule has 14 heavy (non-hydrogen) atoms. The predicted molar refractivity (Wildman–Crippen MR) is 63.5 cm³/mol. The van der Waals surface area contributed by atoms with Crippen LogP contribution in [0.4, 0.5) is 0 Å². The van der Waals surface area contributed by atoms with Crippen LogP contribution in [0.3, 0.4) is 0 Å². The standard InChI is InChI=1S/C11H13ClOS/c1-3-14-7-11(13)9-6-8(2)4-5-10(9)12/h4-6H,3,7H2,1-2H3. The lowest BCUT2D eigenvalue weighted by Crippen LogP contribution is -2.03. The lowest BCUT2D eigenvalue weighted by atomic mass is 10.1. The quantitative estimate of drug-likeness (QED) is 0.733. The van der Waals surface area contributed by atoms with Gasteiger partial charge in [-0.2, -0.15) is 11.8 Å². The van der Waals surface area contributed by atoms with Crippen LogP contribution in [-0.2, 0) is 0 Å². The fourth-order valence-corrected chi connectivity index (χ4v) is 1.89. The Balaban J connectivity index is 2.83. The Kier molecular flexibility index (Phi) is 4.49. The molecule has 0 unspecified atom stereocenters. The van der Waals surface area contributed by atoms with Crippen molar-refractivity contribution in [2.24, 2.45) is 0 Å². The van der Waals surface area contributed by atoms with Crippen molar-refractivity contribution in [3.05, 3.63) is 34.3 Å². The number of aryl methyl sites for hydroxylation is 1. The molecule has 0 amide bonds. The Hall–Kier alpha value is -0.470. The van der Waals surface area contributed by atoms with Gasteiger partial charge < -0.3 is 0 Å². The molecule has 0 atom stereocenters. The van der Waals surface area contributed by atoms with Gasteiger partial charge in [0.2, 0.25) is 0 Å². The van der Waals surface area contributed by atoms with E-state index in [0.29, 0.717) is 16.3 Å². The zero-order valence-corrected chi connectivity index (χ0v) is 9.91. The topological polar surface area (TPSA) is 17.1 Å². The Morgan fingerprint density at radius 1 is 1.50 bits per heavy atom. The first kappa shape index (κ1) is 11.6. The van der Waals surface area contributed by atoms with Crippen molar-refractivity contribution < 1.29 is 4.79 Å². The summed E-state index contributed by atoms with van der Waals surface area (Å²) in [7, 11) is 0. The van der Waals surface area contributed by atoms with Crippen molar-refractivity contribution in [1.82, 2.24) is 0 Å². The normalized spacial score (nSPS) is 10.2. The molecule has 0 aromatic heterocycles. The summed E-state index contributed by atoms with van der Waals surface area (Å²) in [6.45, 7) is 4.00. The SMILES string of the molecule is CCSCC(=O)c1cc(C)ccc1Cl. The summed E-state index contributed by atoms with van der Waals surface area (Å²) in [5, 5.41) is 0.553. The molecular weight excluding hydrogens is 216 g/mol. The van der Waals surface area contributed by atoms with Crippen LogP contribution in [0.15, 0.2) is 18.2 Å². The van der Waals surface area contributed by atoms with Crippen LogP contribution >= 0.6 is 23.4 Å². The summed E-state index contributed by atoms with van der Waals surface area (Å²) >= 11 is 7.56. The number of hydrogen-bond acceptors (Lipinski definition) is 2. The van der Waals surface area contributed by atoms with E-state index >= 15 is 0 Å². The van der Waals surface area contributed by atoms with Crippen LogP contribution in [0.1, 0.15) is 22.8 Å². The highest BCUT2D eigenvalue weighted by Crippen LogP contribution is 2.19. The fourth-order valence-electron chi connectivity index (χ4n) is 1.13. The maximum atomic E-state index is 11.7. The summed E-state index contributed by atoms with van der Waals surface area (Å²) < 4.78 is 0. The van der Waals surface area contributed by atoms with Crippen LogP contribution < -0.4 is 0 Å². The first-order chi connectivity index (χ1) is 6.65. The van der Waals surface area contributed by atoms with Crippen LogP contribution in [0, 0.1) is 6.92 Å². The van der Waals surface area contributed by atoms with Gasteiger partial charge in [0.15, 0.2) is 5.78 Å². The summed E-state index contributed by atoms with van der Waals surface area (Å²) in [6, 6.07) is 5.54. The molecular formula is C11H13ClOS. The maximum Gasteiger partial charge on any atom is 0.174 e. The summed E-state index contributed by atoms with van der Waals surface area (Å²) in [5.41, 5.74) is 1.71. The van der Waals surface area contributed by atoms with E-state index in [1.807, 2.05) is 26.0 Å². The molecule has 0 saturated heterocycles. The molecule has 0 N–H and O–H groups in total. The monoisotopic (exact) mass is 228 g/mol. The van der Waals surface area contributed by atoms with Gasteiger partial charge in [-0.3, -0.25) is 4.79 Å². The third-order valence-electron chi connectivity index (χ3n) is 1.86. The third-order valence-corrected chi connectivity index (χ3v) is 3.06. The largest absolute Gasteiger partial charge is 0.293 e. The minimum absolute atomic E-state index is 0.116. The van der Waals surface area contributed by atoms with Gasteiger partial charge in [0.1, 0.15) is 0 Å². The van der Waals surface area contributed by atoms with Crippen LogP contribution in [0.25, 0.3) is 0 Å². The van der Waals surface area contributed by atoms with Crippen LogP contribution in [0.2, 0.25) is 5.02 Å². The second-order valence-electron chi connectivity index (χ2n) is 3.04. The number of rotatable bonds is 4. The van der Waals surface area contributed by atoms with Crippen molar-refractivity contribution >= 4 is 29.1 Å². The zero-order valence-electron chi connectivity index (χ0n) is 8.34. The first-order valence-corrected chi connectivity index (χ1v) is 6.05. The van der Waals surface area contributed by atoms with E-state index < -0.39 is 0 Å². The van der Waals surface area contributed by atoms with Gasteiger partial charge in [-0.25, -0.2) is 0 Å². The Bertz CT molecular complexity index is 336. The lowest BCUT2D eigenvalue weighted by molar-refractivity contribution is 0.102. The van der Waals surface area contributed by atoms with Gasteiger partial charge in [0.05, 0.1) is 10.8 Å². The number of carbonyl (C=O) groups is 1. The van der Waals surface area contributed by atoms with Crippen LogP contribution in [0.5, 0.6) is 0 Å². The van der Waals surface area contributed by atoms with Gasteiger partial charge in [-0.1, -0.05) is 30.2 Å². The molecule has 1 rings (SSSR count). The van der Waals surface area contributed by atoms with Crippen LogP contribution in [-0.4, -0.2) is 17.3 Å². The number of halogens is 1. The second kappa shape index (κ2) is 5.42. The van der Waals surface area contributed by atoms with Gasteiger partial charge >= 0.3 is 0 Å². The van der Waals surface area contributed by atoms with Gasteiger partial charge in [0, 0.05) is 5.56 Å². The molecule has 0 radical (unpaired) electrons. The Morgan fingerprint density at radius 3 is 2.86 bits per heavy atom. The summed E-state index contributed by atoms with van der Waals surface area (Å²) in [4.78, 5) is 11.7. The zero-order chi connectivity index (χ0) is 10.6. The number of benzene rings is 1. The van der Waals surface area contributed by atoms with Crippen molar-refractivity contribution in [1.29, 1.82) is 0 Å². The number of ketones is 1. The molecule has 0 saturated carbocycles. The number of thioether (sulfide) groups is 1. The molecule has 0 aliphatic rings. The van der Waals surface area contributed by atoms with Crippen molar-refractivity contribution in [2.75, 3.05) is 11.5 Å². The number of Topliss-reactive ketones (excluding diaryl/α,β-unsaturated/α-hetero) is 1. The first-order valence-electron chi connectivity index (χ1n) is 4.52. The van der Waals surface area contributed by atoms with E-state index in [-0.39, 0.29) is 5.78 Å². The van der Waals surface area contributed by atoms with E-state index in [4.69, 9.17) is 11.6 Å². The summed E-state index contributed by atoms with van der Waals surface area (Å²) in [5.74, 6) is 1.58. The fraction of sp³-hybridized carbons (Fsp3) is 0.364. The summed E-state index contributed by atoms with van der Waals surface area (Å²) in [6.07, 6.45) is 0. The van der Waals surface area contributed by atoms with E-state index in [0.717, 1.165) is 11.3 Å². The predicted octanol–water partition coefficient (Wildman–Crippen LogP) is 3.58.